The number of nitrogens with zero attached hydrogens (tertiary/aromatic N) is 1. The highest BCUT2D eigenvalue weighted by atomic mass is 32.1. The van der Waals surface area contributed by atoms with Crippen molar-refractivity contribution in [3.05, 3.63) is 40.9 Å². The van der Waals surface area contributed by atoms with Crippen LogP contribution < -0.4 is 15.4 Å². The van der Waals surface area contributed by atoms with Crippen molar-refractivity contribution in [2.75, 3.05) is 11.9 Å². The molecule has 0 radical (unpaired) electrons. The largest absolute Gasteiger partial charge is 0.488 e. The third-order valence-corrected chi connectivity index (χ3v) is 3.92. The van der Waals surface area contributed by atoms with E-state index < -0.39 is 0 Å². The second kappa shape index (κ2) is 5.50. The number of carbonyl (C=O) groups excluding carboxylic acids is 1. The van der Waals surface area contributed by atoms with Crippen LogP contribution in [0.15, 0.2) is 29.6 Å². The van der Waals surface area contributed by atoms with Crippen molar-refractivity contribution in [2.24, 2.45) is 0 Å². The van der Waals surface area contributed by atoms with Crippen molar-refractivity contribution < 1.29 is 9.53 Å². The highest BCUT2D eigenvalue weighted by molar-refractivity contribution is 7.13. The Bertz CT molecular complexity index is 601. The Morgan fingerprint density at radius 1 is 1.50 bits per heavy atom. The van der Waals surface area contributed by atoms with Gasteiger partial charge in [-0.3, -0.25) is 5.32 Å². The summed E-state index contributed by atoms with van der Waals surface area (Å²) in [5, 5.41) is 8.02. The molecule has 5 nitrogen and oxygen atoms in total. The summed E-state index contributed by atoms with van der Waals surface area (Å²) < 4.78 is 5.76. The number of thiazole rings is 1. The number of carbonyl (C=O) groups is 1. The normalized spacial score (nSPS) is 16.4. The van der Waals surface area contributed by atoms with Crippen molar-refractivity contribution in [1.82, 2.24) is 10.3 Å². The molecule has 1 aliphatic rings. The zero-order valence-electron chi connectivity index (χ0n) is 11.1. The molecule has 2 N–H and O–H groups in total. The van der Waals surface area contributed by atoms with Gasteiger partial charge in [0.1, 0.15) is 11.9 Å². The molecular formula is C14H15N3O2S. The Balaban J connectivity index is 1.48. The zero-order valence-corrected chi connectivity index (χ0v) is 11.9. The number of para-hydroxylation sites is 1. The molecule has 6 heteroatoms. The number of fused-ring (bicyclic) bond motifs is 1. The van der Waals surface area contributed by atoms with Crippen LogP contribution in [-0.2, 0) is 6.42 Å². The first-order valence-corrected chi connectivity index (χ1v) is 7.30. The lowest BCUT2D eigenvalue weighted by Gasteiger charge is -2.11. The Labute approximate surface area is 121 Å². The van der Waals surface area contributed by atoms with Gasteiger partial charge in [-0.2, -0.15) is 0 Å². The highest BCUT2D eigenvalue weighted by Gasteiger charge is 2.22. The van der Waals surface area contributed by atoms with Gasteiger partial charge in [-0.25, -0.2) is 9.78 Å². The molecule has 0 aliphatic carbocycles. The fourth-order valence-electron chi connectivity index (χ4n) is 2.13. The number of ether oxygens (including phenoxy) is 1. The van der Waals surface area contributed by atoms with Gasteiger partial charge in [-0.15, -0.1) is 11.3 Å². The van der Waals surface area contributed by atoms with Gasteiger partial charge < -0.3 is 10.1 Å². The van der Waals surface area contributed by atoms with E-state index in [9.17, 15) is 4.79 Å². The molecule has 1 aromatic carbocycles. The predicted molar refractivity (Wildman–Crippen MR) is 78.4 cm³/mol. The molecule has 2 aromatic rings. The minimum atomic E-state index is -0.251. The number of hydrogen-bond donors (Lipinski definition) is 2. The SMILES string of the molecule is Cc1csc(NC(=O)NCC2Cc3ccccc3O2)n1. The van der Waals surface area contributed by atoms with E-state index in [0.717, 1.165) is 17.9 Å². The Kier molecular flexibility index (Phi) is 3.56. The van der Waals surface area contributed by atoms with E-state index in [2.05, 4.69) is 15.6 Å². The molecule has 0 saturated carbocycles. The van der Waals surface area contributed by atoms with E-state index >= 15 is 0 Å². The maximum absolute atomic E-state index is 11.7. The number of hydrogen-bond acceptors (Lipinski definition) is 4. The van der Waals surface area contributed by atoms with Crippen LogP contribution in [0.2, 0.25) is 0 Å². The minimum Gasteiger partial charge on any atom is -0.488 e. The molecule has 20 heavy (non-hydrogen) atoms. The summed E-state index contributed by atoms with van der Waals surface area (Å²) in [4.78, 5) is 15.9. The average molecular weight is 289 g/mol. The quantitative estimate of drug-likeness (QED) is 0.913. The van der Waals surface area contributed by atoms with E-state index in [1.165, 1.54) is 16.9 Å². The second-order valence-corrected chi connectivity index (χ2v) is 5.54. The molecular weight excluding hydrogens is 274 g/mol. The van der Waals surface area contributed by atoms with Gasteiger partial charge in [-0.05, 0) is 18.6 Å². The number of nitrogens with one attached hydrogen (secondary N) is 2. The van der Waals surface area contributed by atoms with Crippen molar-refractivity contribution in [1.29, 1.82) is 0 Å². The summed E-state index contributed by atoms with van der Waals surface area (Å²) in [6.45, 7) is 2.37. The van der Waals surface area contributed by atoms with Crippen LogP contribution in [0.25, 0.3) is 0 Å². The van der Waals surface area contributed by atoms with Gasteiger partial charge in [0.05, 0.1) is 12.2 Å². The average Bonchev–Trinajstić information content (AvgIpc) is 3.02. The van der Waals surface area contributed by atoms with Crippen molar-refractivity contribution in [3.8, 4) is 5.75 Å². The van der Waals surface area contributed by atoms with Gasteiger partial charge in [0.25, 0.3) is 0 Å². The summed E-state index contributed by atoms with van der Waals surface area (Å²) in [5.74, 6) is 0.912. The van der Waals surface area contributed by atoms with E-state index in [-0.39, 0.29) is 12.1 Å². The number of benzene rings is 1. The summed E-state index contributed by atoms with van der Waals surface area (Å²) in [6.07, 6.45) is 0.823. The molecule has 1 aromatic heterocycles. The fraction of sp³-hybridized carbons (Fsp3) is 0.286. The summed E-state index contributed by atoms with van der Waals surface area (Å²) >= 11 is 1.41. The van der Waals surface area contributed by atoms with Crippen LogP contribution in [-0.4, -0.2) is 23.7 Å². The Hall–Kier alpha value is -2.08. The maximum atomic E-state index is 11.7. The lowest BCUT2D eigenvalue weighted by atomic mass is 10.1. The Morgan fingerprint density at radius 2 is 2.35 bits per heavy atom. The Morgan fingerprint density at radius 3 is 3.10 bits per heavy atom. The van der Waals surface area contributed by atoms with Crippen molar-refractivity contribution in [2.45, 2.75) is 19.4 Å². The third-order valence-electron chi connectivity index (χ3n) is 3.04. The van der Waals surface area contributed by atoms with Crippen LogP contribution in [0.3, 0.4) is 0 Å². The standard InChI is InChI=1S/C14H15N3O2S/c1-9-8-20-14(16-9)17-13(18)15-7-11-6-10-4-2-3-5-12(10)19-11/h2-5,8,11H,6-7H2,1H3,(H2,15,16,17,18). The van der Waals surface area contributed by atoms with Crippen LogP contribution in [0.5, 0.6) is 5.75 Å². The minimum absolute atomic E-state index is 0.00354. The highest BCUT2D eigenvalue weighted by Crippen LogP contribution is 2.27. The first-order valence-electron chi connectivity index (χ1n) is 6.42. The molecule has 1 unspecified atom stereocenters. The second-order valence-electron chi connectivity index (χ2n) is 4.68. The molecule has 0 saturated heterocycles. The first-order chi connectivity index (χ1) is 9.70. The number of amides is 2. The number of urea groups is 1. The van der Waals surface area contributed by atoms with Crippen LogP contribution in [0, 0.1) is 6.92 Å². The molecule has 0 spiro atoms. The van der Waals surface area contributed by atoms with Crippen molar-refractivity contribution >= 4 is 22.5 Å². The van der Waals surface area contributed by atoms with Crippen LogP contribution in [0.4, 0.5) is 9.93 Å². The molecule has 0 bridgehead atoms. The monoisotopic (exact) mass is 289 g/mol. The third kappa shape index (κ3) is 2.91. The molecule has 3 rings (SSSR count). The van der Waals surface area contributed by atoms with Gasteiger partial charge in [0.15, 0.2) is 5.13 Å². The van der Waals surface area contributed by atoms with Gasteiger partial charge in [0.2, 0.25) is 0 Å². The van der Waals surface area contributed by atoms with Crippen LogP contribution in [0.1, 0.15) is 11.3 Å². The van der Waals surface area contributed by atoms with Gasteiger partial charge in [-0.1, -0.05) is 18.2 Å². The number of anilines is 1. The molecule has 0 fully saturated rings. The maximum Gasteiger partial charge on any atom is 0.321 e. The van der Waals surface area contributed by atoms with E-state index in [1.54, 1.807) is 0 Å². The van der Waals surface area contributed by atoms with E-state index in [0.29, 0.717) is 11.7 Å². The summed E-state index contributed by atoms with van der Waals surface area (Å²) in [5.41, 5.74) is 2.09. The van der Waals surface area contributed by atoms with Crippen molar-refractivity contribution in [3.63, 3.8) is 0 Å². The predicted octanol–water partition coefficient (Wildman–Crippen LogP) is 2.58. The fourth-order valence-corrected chi connectivity index (χ4v) is 2.81. The van der Waals surface area contributed by atoms with Gasteiger partial charge in [0, 0.05) is 11.8 Å². The zero-order chi connectivity index (χ0) is 13.9. The summed E-state index contributed by atoms with van der Waals surface area (Å²) in [6, 6.07) is 7.70. The van der Waals surface area contributed by atoms with E-state index in [1.807, 2.05) is 36.6 Å². The number of aromatic nitrogens is 1. The summed E-state index contributed by atoms with van der Waals surface area (Å²) in [7, 11) is 0. The number of aryl methyl sites for hydroxylation is 1. The molecule has 1 aliphatic heterocycles. The smallest absolute Gasteiger partial charge is 0.321 e. The van der Waals surface area contributed by atoms with Gasteiger partial charge >= 0.3 is 6.03 Å². The number of rotatable bonds is 3. The molecule has 2 heterocycles. The first kappa shape index (κ1) is 12.9. The lowest BCUT2D eigenvalue weighted by Crippen LogP contribution is -2.37. The molecule has 1 atom stereocenters. The lowest BCUT2D eigenvalue weighted by molar-refractivity contribution is 0.219. The van der Waals surface area contributed by atoms with E-state index in [4.69, 9.17) is 4.74 Å². The molecule has 104 valence electrons. The molecule has 2 amide bonds. The topological polar surface area (TPSA) is 63.2 Å². The van der Waals surface area contributed by atoms with Crippen LogP contribution >= 0.6 is 11.3 Å².